The predicted molar refractivity (Wildman–Crippen MR) is 111 cm³/mol. The van der Waals surface area contributed by atoms with E-state index in [9.17, 15) is 13.2 Å². The molecular formula is C21H26N2O5S. The van der Waals surface area contributed by atoms with E-state index in [4.69, 9.17) is 8.92 Å². The molecule has 3 rings (SSSR count). The third-order valence-corrected chi connectivity index (χ3v) is 5.08. The highest BCUT2D eigenvalue weighted by Crippen LogP contribution is 2.19. The normalized spacial score (nSPS) is 16.4. The van der Waals surface area contributed by atoms with Gasteiger partial charge in [-0.05, 0) is 49.6 Å². The van der Waals surface area contributed by atoms with Gasteiger partial charge < -0.3 is 19.1 Å². The fourth-order valence-corrected chi connectivity index (χ4v) is 3.60. The molecule has 1 heterocycles. The van der Waals surface area contributed by atoms with Crippen molar-refractivity contribution in [2.24, 2.45) is 0 Å². The van der Waals surface area contributed by atoms with Crippen LogP contribution in [0.25, 0.3) is 0 Å². The summed E-state index contributed by atoms with van der Waals surface area (Å²) in [4.78, 5) is 14.6. The first kappa shape index (κ1) is 21.1. The summed E-state index contributed by atoms with van der Waals surface area (Å²) in [5, 5.41) is 2.93. The summed E-state index contributed by atoms with van der Waals surface area (Å²) < 4.78 is 33.1. The van der Waals surface area contributed by atoms with Gasteiger partial charge in [-0.2, -0.15) is 8.42 Å². The lowest BCUT2D eigenvalue weighted by atomic mass is 10.2. The molecule has 0 bridgehead atoms. The van der Waals surface area contributed by atoms with Crippen molar-refractivity contribution >= 4 is 21.8 Å². The van der Waals surface area contributed by atoms with Crippen LogP contribution >= 0.6 is 0 Å². The second-order valence-corrected chi connectivity index (χ2v) is 8.82. The highest BCUT2D eigenvalue weighted by atomic mass is 32.2. The Labute approximate surface area is 171 Å². The number of hydrogen-bond donors (Lipinski definition) is 1. The van der Waals surface area contributed by atoms with Crippen molar-refractivity contribution in [2.45, 2.75) is 32.4 Å². The number of nitrogens with one attached hydrogen (secondary N) is 1. The molecule has 0 spiro atoms. The molecule has 1 fully saturated rings. The minimum Gasteiger partial charge on any atom is -0.383 e. The Balaban J connectivity index is 1.70. The van der Waals surface area contributed by atoms with Gasteiger partial charge >= 0.3 is 16.1 Å². The first-order valence-electron chi connectivity index (χ1n) is 9.51. The van der Waals surface area contributed by atoms with Crippen LogP contribution in [-0.2, 0) is 21.4 Å². The topological polar surface area (TPSA) is 84.9 Å². The van der Waals surface area contributed by atoms with Crippen LogP contribution in [0.15, 0.2) is 48.5 Å². The van der Waals surface area contributed by atoms with Crippen LogP contribution in [0.4, 0.5) is 10.5 Å². The van der Waals surface area contributed by atoms with Crippen LogP contribution in [0.2, 0.25) is 0 Å². The number of ether oxygens (including phenoxy) is 1. The number of carbonyl (C=O) groups excluding carboxylic acids is 1. The molecule has 1 aliphatic heterocycles. The Morgan fingerprint density at radius 1 is 1.17 bits per heavy atom. The third kappa shape index (κ3) is 6.76. The molecule has 1 aliphatic rings. The first-order valence-corrected chi connectivity index (χ1v) is 11.3. The van der Waals surface area contributed by atoms with E-state index in [1.807, 2.05) is 31.2 Å². The predicted octanol–water partition coefficient (Wildman–Crippen LogP) is 3.55. The van der Waals surface area contributed by atoms with E-state index < -0.39 is 10.1 Å². The maximum Gasteiger partial charge on any atom is 0.322 e. The van der Waals surface area contributed by atoms with Gasteiger partial charge in [-0.1, -0.05) is 29.8 Å². The van der Waals surface area contributed by atoms with Crippen molar-refractivity contribution in [1.29, 1.82) is 0 Å². The number of hydrogen-bond acceptors (Lipinski definition) is 5. The van der Waals surface area contributed by atoms with Gasteiger partial charge in [-0.25, -0.2) is 4.79 Å². The summed E-state index contributed by atoms with van der Waals surface area (Å²) in [6, 6.07) is 14.1. The van der Waals surface area contributed by atoms with E-state index in [0.29, 0.717) is 13.1 Å². The SMILES string of the molecule is Cc1ccc(NC(=O)N(Cc2ccc(OS(C)(=O)=O)cc2)C[C@H]2CCCO2)cc1. The van der Waals surface area contributed by atoms with Gasteiger partial charge in [-0.15, -0.1) is 0 Å². The molecule has 1 saturated heterocycles. The van der Waals surface area contributed by atoms with Crippen LogP contribution in [-0.4, -0.2) is 44.9 Å². The fraction of sp³-hybridized carbons (Fsp3) is 0.381. The first-order chi connectivity index (χ1) is 13.8. The Kier molecular flexibility index (Phi) is 6.76. The molecule has 2 aromatic carbocycles. The molecule has 0 saturated carbocycles. The third-order valence-electron chi connectivity index (χ3n) is 4.58. The number of aryl methyl sites for hydroxylation is 1. The number of nitrogens with zero attached hydrogens (tertiary/aromatic N) is 1. The summed E-state index contributed by atoms with van der Waals surface area (Å²) in [6.07, 6.45) is 2.94. The lowest BCUT2D eigenvalue weighted by Gasteiger charge is -2.26. The van der Waals surface area contributed by atoms with Gasteiger partial charge in [0.05, 0.1) is 12.4 Å². The zero-order valence-corrected chi connectivity index (χ0v) is 17.4. The van der Waals surface area contributed by atoms with Crippen molar-refractivity contribution in [3.05, 3.63) is 59.7 Å². The van der Waals surface area contributed by atoms with Crippen LogP contribution in [0.3, 0.4) is 0 Å². The number of benzene rings is 2. The van der Waals surface area contributed by atoms with E-state index in [0.717, 1.165) is 42.5 Å². The quantitative estimate of drug-likeness (QED) is 0.695. The molecule has 0 radical (unpaired) electrons. The Morgan fingerprint density at radius 2 is 1.86 bits per heavy atom. The molecule has 8 heteroatoms. The molecule has 2 aromatic rings. The van der Waals surface area contributed by atoms with Gasteiger partial charge in [0.2, 0.25) is 0 Å². The van der Waals surface area contributed by atoms with Crippen molar-refractivity contribution in [1.82, 2.24) is 4.90 Å². The van der Waals surface area contributed by atoms with E-state index in [-0.39, 0.29) is 17.9 Å². The second kappa shape index (κ2) is 9.28. The van der Waals surface area contributed by atoms with Gasteiger partial charge in [0, 0.05) is 25.4 Å². The molecule has 7 nitrogen and oxygen atoms in total. The molecule has 1 N–H and O–H groups in total. The number of amides is 2. The highest BCUT2D eigenvalue weighted by molar-refractivity contribution is 7.86. The molecule has 0 aliphatic carbocycles. The minimum absolute atomic E-state index is 0.0200. The van der Waals surface area contributed by atoms with Crippen molar-refractivity contribution in [3.63, 3.8) is 0 Å². The standard InChI is InChI=1S/C21H26N2O5S/c1-16-5-9-18(10-6-16)22-21(24)23(15-20-4-3-13-27-20)14-17-7-11-19(12-8-17)28-29(2,25)26/h5-12,20H,3-4,13-15H2,1-2H3,(H,22,24)/t20-/m1/s1. The van der Waals surface area contributed by atoms with E-state index in [2.05, 4.69) is 5.32 Å². The van der Waals surface area contributed by atoms with Gasteiger partial charge in [0.1, 0.15) is 5.75 Å². The summed E-state index contributed by atoms with van der Waals surface area (Å²) >= 11 is 0. The monoisotopic (exact) mass is 418 g/mol. The van der Waals surface area contributed by atoms with Crippen molar-refractivity contribution < 1.29 is 22.1 Å². The highest BCUT2D eigenvalue weighted by Gasteiger charge is 2.23. The molecule has 0 aromatic heterocycles. The summed E-state index contributed by atoms with van der Waals surface area (Å²) in [5.41, 5.74) is 2.72. The van der Waals surface area contributed by atoms with Gasteiger partial charge in [0.15, 0.2) is 0 Å². The van der Waals surface area contributed by atoms with Crippen LogP contribution in [0.1, 0.15) is 24.0 Å². The lowest BCUT2D eigenvalue weighted by Crippen LogP contribution is -2.39. The van der Waals surface area contributed by atoms with Crippen LogP contribution in [0.5, 0.6) is 5.75 Å². The number of anilines is 1. The average molecular weight is 419 g/mol. The molecule has 156 valence electrons. The zero-order chi connectivity index (χ0) is 20.9. The van der Waals surface area contributed by atoms with Gasteiger partial charge in [0.25, 0.3) is 0 Å². The fourth-order valence-electron chi connectivity index (χ4n) is 3.14. The van der Waals surface area contributed by atoms with Gasteiger partial charge in [-0.3, -0.25) is 0 Å². The van der Waals surface area contributed by atoms with Crippen LogP contribution in [0, 0.1) is 6.92 Å². The van der Waals surface area contributed by atoms with Crippen molar-refractivity contribution in [3.8, 4) is 5.75 Å². The largest absolute Gasteiger partial charge is 0.383 e. The summed E-state index contributed by atoms with van der Waals surface area (Å²) in [5.74, 6) is 0.242. The lowest BCUT2D eigenvalue weighted by molar-refractivity contribution is 0.0819. The van der Waals surface area contributed by atoms with E-state index in [1.165, 1.54) is 0 Å². The Hall–Kier alpha value is -2.58. The van der Waals surface area contributed by atoms with Crippen LogP contribution < -0.4 is 9.50 Å². The summed E-state index contributed by atoms with van der Waals surface area (Å²) in [7, 11) is -3.57. The second-order valence-electron chi connectivity index (χ2n) is 7.24. The summed E-state index contributed by atoms with van der Waals surface area (Å²) in [6.45, 7) is 3.57. The average Bonchev–Trinajstić information content (AvgIpc) is 3.16. The van der Waals surface area contributed by atoms with Crippen molar-refractivity contribution in [2.75, 3.05) is 24.7 Å². The minimum atomic E-state index is -3.57. The number of urea groups is 1. The molecule has 1 atom stereocenters. The van der Waals surface area contributed by atoms with E-state index in [1.54, 1.807) is 29.2 Å². The molecule has 29 heavy (non-hydrogen) atoms. The Morgan fingerprint density at radius 3 is 2.45 bits per heavy atom. The Bertz CT molecular complexity index is 921. The molecule has 2 amide bonds. The zero-order valence-electron chi connectivity index (χ0n) is 16.6. The number of rotatable bonds is 7. The molecule has 0 unspecified atom stereocenters. The number of carbonyl (C=O) groups is 1. The van der Waals surface area contributed by atoms with E-state index >= 15 is 0 Å². The maximum atomic E-state index is 12.9. The smallest absolute Gasteiger partial charge is 0.322 e. The maximum absolute atomic E-state index is 12.9. The molecular weight excluding hydrogens is 392 g/mol.